The van der Waals surface area contributed by atoms with E-state index in [1.54, 1.807) is 11.0 Å². The molecule has 8 heteroatoms. The molecule has 0 bridgehead atoms. The number of aryl methyl sites for hydroxylation is 1. The van der Waals surface area contributed by atoms with Gasteiger partial charge in [0.1, 0.15) is 12.7 Å². The van der Waals surface area contributed by atoms with Crippen LogP contribution in [-0.4, -0.2) is 30.6 Å². The molecule has 88 valence electrons. The molecule has 0 spiro atoms. The van der Waals surface area contributed by atoms with E-state index in [4.69, 9.17) is 11.6 Å². The summed E-state index contributed by atoms with van der Waals surface area (Å²) in [5.74, 6) is 0.0562. The van der Waals surface area contributed by atoms with Crippen LogP contribution in [0.2, 0.25) is 5.15 Å². The highest BCUT2D eigenvalue weighted by Crippen LogP contribution is 2.14. The zero-order valence-electron chi connectivity index (χ0n) is 8.75. The minimum Gasteiger partial charge on any atom is -0.308 e. The van der Waals surface area contributed by atoms with Crippen LogP contribution in [-0.2, 0) is 11.3 Å². The summed E-state index contributed by atoms with van der Waals surface area (Å²) in [5, 5.41) is 6.62. The zero-order valence-corrected chi connectivity index (χ0v) is 9.50. The van der Waals surface area contributed by atoms with Crippen molar-refractivity contribution in [3.8, 4) is 0 Å². The standard InChI is InChI=1S/C9H9ClN6O/c10-8-9(13-3-2-12-8)15-7(17)1-4-16-6-11-5-14-16/h2-3,5-6H,1,4H2,(H,13,15,17). The van der Waals surface area contributed by atoms with Gasteiger partial charge in [-0.1, -0.05) is 11.6 Å². The van der Waals surface area contributed by atoms with Gasteiger partial charge in [-0.05, 0) is 0 Å². The summed E-state index contributed by atoms with van der Waals surface area (Å²) < 4.78 is 1.57. The van der Waals surface area contributed by atoms with Crippen LogP contribution < -0.4 is 5.32 Å². The fourth-order valence-corrected chi connectivity index (χ4v) is 1.32. The van der Waals surface area contributed by atoms with E-state index < -0.39 is 0 Å². The maximum Gasteiger partial charge on any atom is 0.227 e. The maximum absolute atomic E-state index is 11.6. The SMILES string of the molecule is O=C(CCn1cncn1)Nc1nccnc1Cl. The van der Waals surface area contributed by atoms with Crippen LogP contribution in [0.5, 0.6) is 0 Å². The molecule has 0 aromatic carbocycles. The van der Waals surface area contributed by atoms with Gasteiger partial charge in [-0.2, -0.15) is 5.10 Å². The van der Waals surface area contributed by atoms with E-state index in [-0.39, 0.29) is 23.3 Å². The molecule has 2 rings (SSSR count). The summed E-state index contributed by atoms with van der Waals surface area (Å²) in [4.78, 5) is 23.0. The fourth-order valence-electron chi connectivity index (χ4n) is 1.16. The minimum atomic E-state index is -0.206. The van der Waals surface area contributed by atoms with Gasteiger partial charge in [0, 0.05) is 18.8 Å². The van der Waals surface area contributed by atoms with Crippen LogP contribution in [0.25, 0.3) is 0 Å². The third-order valence-electron chi connectivity index (χ3n) is 1.95. The third kappa shape index (κ3) is 3.22. The van der Waals surface area contributed by atoms with Crippen LogP contribution in [0.3, 0.4) is 0 Å². The first-order valence-corrected chi connectivity index (χ1v) is 5.22. The lowest BCUT2D eigenvalue weighted by Crippen LogP contribution is -2.16. The first-order chi connectivity index (χ1) is 8.25. The molecule has 0 aliphatic rings. The Bertz CT molecular complexity index is 500. The number of rotatable bonds is 4. The van der Waals surface area contributed by atoms with E-state index >= 15 is 0 Å². The normalized spacial score (nSPS) is 10.2. The van der Waals surface area contributed by atoms with Gasteiger partial charge in [0.25, 0.3) is 0 Å². The number of carbonyl (C=O) groups is 1. The van der Waals surface area contributed by atoms with Crippen LogP contribution in [0, 0.1) is 0 Å². The van der Waals surface area contributed by atoms with Crippen LogP contribution in [0.4, 0.5) is 5.82 Å². The number of carbonyl (C=O) groups excluding carboxylic acids is 1. The Morgan fingerprint density at radius 1 is 1.41 bits per heavy atom. The second-order valence-electron chi connectivity index (χ2n) is 3.15. The summed E-state index contributed by atoms with van der Waals surface area (Å²) in [5.41, 5.74) is 0. The summed E-state index contributed by atoms with van der Waals surface area (Å²) >= 11 is 5.75. The lowest BCUT2D eigenvalue weighted by molar-refractivity contribution is -0.116. The van der Waals surface area contributed by atoms with E-state index in [9.17, 15) is 4.79 Å². The Kier molecular flexibility index (Phi) is 3.61. The summed E-state index contributed by atoms with van der Waals surface area (Å²) in [7, 11) is 0. The van der Waals surface area contributed by atoms with Crippen molar-refractivity contribution >= 4 is 23.3 Å². The van der Waals surface area contributed by atoms with Gasteiger partial charge in [0.15, 0.2) is 11.0 Å². The number of aromatic nitrogens is 5. The van der Waals surface area contributed by atoms with Crippen molar-refractivity contribution in [1.29, 1.82) is 0 Å². The number of amides is 1. The molecule has 0 unspecified atom stereocenters. The Morgan fingerprint density at radius 3 is 2.94 bits per heavy atom. The molecule has 1 N–H and O–H groups in total. The Hall–Kier alpha value is -2.02. The van der Waals surface area contributed by atoms with E-state index in [0.29, 0.717) is 6.54 Å². The van der Waals surface area contributed by atoms with Gasteiger partial charge in [-0.25, -0.2) is 15.0 Å². The molecule has 2 aromatic heterocycles. The quantitative estimate of drug-likeness (QED) is 0.868. The highest BCUT2D eigenvalue weighted by atomic mass is 35.5. The maximum atomic E-state index is 11.6. The predicted octanol–water partition coefficient (Wildman–Crippen LogP) is 0.750. The molecule has 0 aliphatic heterocycles. The molecule has 0 saturated carbocycles. The van der Waals surface area contributed by atoms with Crippen molar-refractivity contribution < 1.29 is 4.79 Å². The lowest BCUT2D eigenvalue weighted by Gasteiger charge is -2.04. The number of hydrogen-bond donors (Lipinski definition) is 1. The molecule has 2 heterocycles. The predicted molar refractivity (Wildman–Crippen MR) is 60.3 cm³/mol. The number of halogens is 1. The lowest BCUT2D eigenvalue weighted by atomic mass is 10.4. The fraction of sp³-hybridized carbons (Fsp3) is 0.222. The number of nitrogens with one attached hydrogen (secondary N) is 1. The van der Waals surface area contributed by atoms with Crippen molar-refractivity contribution in [2.75, 3.05) is 5.32 Å². The number of nitrogens with zero attached hydrogens (tertiary/aromatic N) is 5. The van der Waals surface area contributed by atoms with Gasteiger partial charge in [-0.15, -0.1) is 0 Å². The van der Waals surface area contributed by atoms with Crippen molar-refractivity contribution in [1.82, 2.24) is 24.7 Å². The van der Waals surface area contributed by atoms with Gasteiger partial charge >= 0.3 is 0 Å². The molecule has 2 aromatic rings. The smallest absolute Gasteiger partial charge is 0.227 e. The average Bonchev–Trinajstić information content (AvgIpc) is 2.82. The molecule has 0 fully saturated rings. The summed E-state index contributed by atoms with van der Waals surface area (Å²) in [6.07, 6.45) is 6.13. The third-order valence-corrected chi connectivity index (χ3v) is 2.22. The Labute approximate surface area is 102 Å². The molecule has 17 heavy (non-hydrogen) atoms. The van der Waals surface area contributed by atoms with E-state index in [1.807, 2.05) is 0 Å². The van der Waals surface area contributed by atoms with E-state index in [2.05, 4.69) is 25.4 Å². The number of anilines is 1. The van der Waals surface area contributed by atoms with E-state index in [0.717, 1.165) is 0 Å². The second-order valence-corrected chi connectivity index (χ2v) is 3.51. The van der Waals surface area contributed by atoms with Gasteiger partial charge < -0.3 is 5.32 Å². The van der Waals surface area contributed by atoms with Crippen molar-refractivity contribution in [2.24, 2.45) is 0 Å². The van der Waals surface area contributed by atoms with Crippen molar-refractivity contribution in [2.45, 2.75) is 13.0 Å². The van der Waals surface area contributed by atoms with Crippen LogP contribution in [0.15, 0.2) is 25.0 Å². The monoisotopic (exact) mass is 252 g/mol. The van der Waals surface area contributed by atoms with Crippen molar-refractivity contribution in [3.63, 3.8) is 0 Å². The molecular formula is C9H9ClN6O. The molecule has 0 aliphatic carbocycles. The largest absolute Gasteiger partial charge is 0.308 e. The first kappa shape index (κ1) is 11.5. The van der Waals surface area contributed by atoms with Crippen LogP contribution in [0.1, 0.15) is 6.42 Å². The minimum absolute atomic E-state index is 0.168. The van der Waals surface area contributed by atoms with Gasteiger partial charge in [-0.3, -0.25) is 9.48 Å². The van der Waals surface area contributed by atoms with E-state index in [1.165, 1.54) is 18.7 Å². The van der Waals surface area contributed by atoms with Gasteiger partial charge in [0.2, 0.25) is 5.91 Å². The highest BCUT2D eigenvalue weighted by molar-refractivity contribution is 6.32. The van der Waals surface area contributed by atoms with Crippen LogP contribution >= 0.6 is 11.6 Å². The highest BCUT2D eigenvalue weighted by Gasteiger charge is 2.07. The molecule has 7 nitrogen and oxygen atoms in total. The molecule has 0 radical (unpaired) electrons. The molecule has 0 atom stereocenters. The average molecular weight is 253 g/mol. The number of hydrogen-bond acceptors (Lipinski definition) is 5. The summed E-state index contributed by atoms with van der Waals surface area (Å²) in [6, 6.07) is 0. The topological polar surface area (TPSA) is 85.6 Å². The Morgan fingerprint density at radius 2 is 2.24 bits per heavy atom. The first-order valence-electron chi connectivity index (χ1n) is 4.84. The van der Waals surface area contributed by atoms with Crippen molar-refractivity contribution in [3.05, 3.63) is 30.2 Å². The zero-order chi connectivity index (χ0) is 12.1. The second kappa shape index (κ2) is 5.35. The molecule has 0 saturated heterocycles. The Balaban J connectivity index is 1.87. The summed E-state index contributed by atoms with van der Waals surface area (Å²) in [6.45, 7) is 0.448. The molecule has 1 amide bonds. The van der Waals surface area contributed by atoms with Gasteiger partial charge in [0.05, 0.1) is 6.54 Å². The molecular weight excluding hydrogens is 244 g/mol.